The number of likely N-dealkylation sites (N-methyl/N-ethyl adjacent to an activating group) is 1. The Labute approximate surface area is 306 Å². The number of rotatable bonds is 11. The number of aromatic nitrogens is 3. The fraction of sp³-hybridized carbons (Fsp3) is 0.324. The third kappa shape index (κ3) is 7.39. The summed E-state index contributed by atoms with van der Waals surface area (Å²) in [5.41, 5.74) is 0.941. The molecule has 4 aromatic rings. The van der Waals surface area contributed by atoms with E-state index in [1.165, 1.54) is 50.5 Å². The molecule has 1 fully saturated rings. The van der Waals surface area contributed by atoms with Crippen molar-refractivity contribution in [3.05, 3.63) is 83.4 Å². The molecule has 0 spiro atoms. The van der Waals surface area contributed by atoms with Crippen LogP contribution in [0.4, 0.5) is 11.4 Å². The number of amidine groups is 1. The molecule has 0 radical (unpaired) electrons. The minimum atomic E-state index is -4.29. The maximum Gasteiger partial charge on any atom is 0.378 e. The van der Waals surface area contributed by atoms with Crippen LogP contribution in [0.25, 0.3) is 0 Å². The van der Waals surface area contributed by atoms with E-state index in [2.05, 4.69) is 25.1 Å². The van der Waals surface area contributed by atoms with E-state index in [1.807, 2.05) is 24.3 Å². The van der Waals surface area contributed by atoms with Gasteiger partial charge in [-0.3, -0.25) is 9.10 Å². The van der Waals surface area contributed by atoms with E-state index in [-0.39, 0.29) is 56.1 Å². The molecule has 1 saturated carbocycles. The first kappa shape index (κ1) is 36.9. The van der Waals surface area contributed by atoms with Crippen LogP contribution in [0, 0.1) is 0 Å². The predicted molar refractivity (Wildman–Crippen MR) is 192 cm³/mol. The van der Waals surface area contributed by atoms with Crippen molar-refractivity contribution in [2.45, 2.75) is 60.8 Å². The minimum Gasteiger partial charge on any atom is -0.460 e. The lowest BCUT2D eigenvalue weighted by molar-refractivity contribution is -0.117. The number of nitrogens with zero attached hydrogens (tertiary/aromatic N) is 5. The number of carbonyl (C=O) groups is 2. The van der Waals surface area contributed by atoms with Gasteiger partial charge in [0.05, 0.1) is 22.9 Å². The van der Waals surface area contributed by atoms with Crippen molar-refractivity contribution in [1.29, 1.82) is 0 Å². The summed E-state index contributed by atoms with van der Waals surface area (Å²) in [6.07, 6.45) is 6.38. The molecule has 3 aromatic carbocycles. The molecule has 0 bridgehead atoms. The summed E-state index contributed by atoms with van der Waals surface area (Å²) in [4.78, 5) is 35.2. The van der Waals surface area contributed by atoms with E-state index in [4.69, 9.17) is 21.1 Å². The highest BCUT2D eigenvalue weighted by Gasteiger charge is 2.40. The van der Waals surface area contributed by atoms with Gasteiger partial charge in [-0.05, 0) is 80.8 Å². The van der Waals surface area contributed by atoms with Crippen molar-refractivity contribution in [2.75, 3.05) is 26.0 Å². The normalized spacial score (nSPS) is 16.4. The largest absolute Gasteiger partial charge is 0.460 e. The molecule has 52 heavy (non-hydrogen) atoms. The molecule has 1 aromatic heterocycles. The number of anilines is 1. The molecule has 18 heteroatoms. The maximum atomic E-state index is 14.5. The van der Waals surface area contributed by atoms with Crippen molar-refractivity contribution in [3.63, 3.8) is 0 Å². The van der Waals surface area contributed by atoms with Gasteiger partial charge >= 0.3 is 5.97 Å². The van der Waals surface area contributed by atoms with Crippen LogP contribution < -0.4 is 14.8 Å². The number of halogens is 1. The van der Waals surface area contributed by atoms with E-state index < -0.39 is 38.0 Å². The number of hydrogen-bond donors (Lipinski definition) is 2. The molecule has 1 atom stereocenters. The highest BCUT2D eigenvalue weighted by Crippen LogP contribution is 2.41. The number of hydrogen-bond acceptors (Lipinski definition) is 11. The van der Waals surface area contributed by atoms with Gasteiger partial charge in [0.25, 0.3) is 21.8 Å². The van der Waals surface area contributed by atoms with Gasteiger partial charge < -0.3 is 14.8 Å². The molecule has 1 aliphatic carbocycles. The molecule has 15 nitrogen and oxygen atoms in total. The monoisotopic (exact) mass is 769 g/mol. The number of fused-ring (bicyclic) bond motifs is 1. The van der Waals surface area contributed by atoms with Crippen LogP contribution in [-0.2, 0) is 29.6 Å². The average Bonchev–Trinajstić information content (AvgIpc) is 3.62. The Morgan fingerprint density at radius 1 is 1.04 bits per heavy atom. The van der Waals surface area contributed by atoms with Gasteiger partial charge in [0, 0.05) is 12.1 Å². The van der Waals surface area contributed by atoms with E-state index >= 15 is 0 Å². The Morgan fingerprint density at radius 3 is 2.52 bits per heavy atom. The quantitative estimate of drug-likeness (QED) is 0.187. The van der Waals surface area contributed by atoms with E-state index in [0.29, 0.717) is 5.75 Å². The Bertz CT molecular complexity index is 2270. The van der Waals surface area contributed by atoms with Gasteiger partial charge in [0.2, 0.25) is 10.0 Å². The van der Waals surface area contributed by atoms with Gasteiger partial charge in [-0.1, -0.05) is 49.1 Å². The number of carbonyl (C=O) groups excluding carboxylic acids is 2. The molecule has 6 rings (SSSR count). The lowest BCUT2D eigenvalue weighted by atomic mass is 9.84. The second kappa shape index (κ2) is 15.0. The smallest absolute Gasteiger partial charge is 0.378 e. The molecule has 2 aliphatic rings. The van der Waals surface area contributed by atoms with Crippen molar-refractivity contribution < 1.29 is 35.9 Å². The first-order valence-electron chi connectivity index (χ1n) is 16.4. The molecule has 1 amide bonds. The number of ether oxygens (including phenoxy) is 2. The third-order valence-corrected chi connectivity index (χ3v) is 12.3. The van der Waals surface area contributed by atoms with Crippen molar-refractivity contribution in [2.24, 2.45) is 4.99 Å². The standard InChI is InChI=1S/C34H36ClN7O8S2/c1-4-49-34(44)31-37-20-42(40-31)30(32-38-25-16-14-22(35)18-29(25)52(47,48)41(32)3)33(43)39-26-19-23(51(45,46)36-2)15-17-28(26)50-27-13-9-8-12-24(27)21-10-6-5-7-11-21/h8-9,12-21,30,36H,4-7,10-11H2,1-3H3,(H,39,43). The summed E-state index contributed by atoms with van der Waals surface area (Å²) in [6.45, 7) is 1.63. The van der Waals surface area contributed by atoms with Crippen molar-refractivity contribution in [3.8, 4) is 11.5 Å². The molecular formula is C34H36ClN7O8S2. The Morgan fingerprint density at radius 2 is 1.79 bits per heavy atom. The summed E-state index contributed by atoms with van der Waals surface area (Å²) >= 11 is 6.11. The number of aliphatic imine (C=N–C) groups is 1. The zero-order chi connectivity index (χ0) is 37.2. The topological polar surface area (TPSA) is 191 Å². The Hall–Kier alpha value is -4.84. The molecule has 2 heterocycles. The van der Waals surface area contributed by atoms with Crippen LogP contribution in [0.15, 0.2) is 81.8 Å². The molecule has 274 valence electrons. The maximum absolute atomic E-state index is 14.5. The predicted octanol–water partition coefficient (Wildman–Crippen LogP) is 5.40. The lowest BCUT2D eigenvalue weighted by Gasteiger charge is -2.30. The third-order valence-electron chi connectivity index (χ3n) is 8.81. The second-order valence-corrected chi connectivity index (χ2v) is 16.3. The van der Waals surface area contributed by atoms with Gasteiger partial charge in [-0.15, -0.1) is 5.10 Å². The number of benzene rings is 3. The summed E-state index contributed by atoms with van der Waals surface area (Å²) in [5.74, 6) is -1.57. The lowest BCUT2D eigenvalue weighted by Crippen LogP contribution is -2.45. The second-order valence-electron chi connectivity index (χ2n) is 12.1. The fourth-order valence-corrected chi connectivity index (χ4v) is 8.48. The Balaban J connectivity index is 1.46. The summed E-state index contributed by atoms with van der Waals surface area (Å²) < 4.78 is 68.8. The zero-order valence-electron chi connectivity index (χ0n) is 28.4. The van der Waals surface area contributed by atoms with Gasteiger partial charge in [-0.25, -0.2) is 41.0 Å². The van der Waals surface area contributed by atoms with Crippen LogP contribution in [0.3, 0.4) is 0 Å². The van der Waals surface area contributed by atoms with Crippen LogP contribution >= 0.6 is 11.6 Å². The highest BCUT2D eigenvalue weighted by atomic mass is 35.5. The molecular weight excluding hydrogens is 734 g/mol. The fourth-order valence-electron chi connectivity index (χ4n) is 6.15. The number of nitrogens with one attached hydrogen (secondary N) is 2. The number of amides is 1. The zero-order valence-corrected chi connectivity index (χ0v) is 30.8. The van der Waals surface area contributed by atoms with Gasteiger partial charge in [-0.2, -0.15) is 0 Å². The Kier molecular flexibility index (Phi) is 10.7. The molecule has 1 unspecified atom stereocenters. The van der Waals surface area contributed by atoms with E-state index in [9.17, 15) is 26.4 Å². The van der Waals surface area contributed by atoms with Crippen LogP contribution in [0.1, 0.15) is 67.2 Å². The van der Waals surface area contributed by atoms with Crippen molar-refractivity contribution >= 4 is 60.7 Å². The minimum absolute atomic E-state index is 0.00600. The molecule has 1 aliphatic heterocycles. The van der Waals surface area contributed by atoms with E-state index in [1.54, 1.807) is 6.92 Å². The number of para-hydroxylation sites is 1. The number of esters is 1. The first-order valence-corrected chi connectivity index (χ1v) is 19.7. The first-order chi connectivity index (χ1) is 24.8. The van der Waals surface area contributed by atoms with E-state index in [0.717, 1.165) is 53.0 Å². The SMILES string of the molecule is CCOC(=O)c1ncn(C(C(=O)Nc2cc(S(=O)(=O)NC)ccc2Oc2ccccc2C2CCCCC2)C2=Nc3ccc(Cl)cc3S(=O)(=O)N2C)n1. The van der Waals surface area contributed by atoms with Crippen LogP contribution in [-0.4, -0.2) is 74.3 Å². The van der Waals surface area contributed by atoms with Gasteiger partial charge in [0.15, 0.2) is 17.6 Å². The summed E-state index contributed by atoms with van der Waals surface area (Å²) in [7, 11) is -5.83. The molecule has 0 saturated heterocycles. The van der Waals surface area contributed by atoms with Gasteiger partial charge in [0.1, 0.15) is 17.0 Å². The molecule has 2 N–H and O–H groups in total. The van der Waals surface area contributed by atoms with Crippen molar-refractivity contribution in [1.82, 2.24) is 23.8 Å². The summed E-state index contributed by atoms with van der Waals surface area (Å²) in [6, 6.07) is 14.0. The summed E-state index contributed by atoms with van der Waals surface area (Å²) in [5, 5.41) is 7.04. The van der Waals surface area contributed by atoms with Crippen LogP contribution in [0.5, 0.6) is 11.5 Å². The number of sulfonamides is 2. The van der Waals surface area contributed by atoms with Crippen LogP contribution in [0.2, 0.25) is 5.02 Å². The average molecular weight is 770 g/mol. The highest BCUT2D eigenvalue weighted by molar-refractivity contribution is 7.90.